The molecule has 5 nitrogen and oxygen atoms in total. The first kappa shape index (κ1) is 31.9. The Hall–Kier alpha value is -1.11. The molecule has 0 radical (unpaired) electrons. The molecule has 0 saturated carbocycles. The molecule has 12 heteroatoms. The summed E-state index contributed by atoms with van der Waals surface area (Å²) in [5.41, 5.74) is 1.82. The number of halogens is 5. The van der Waals surface area contributed by atoms with Gasteiger partial charge in [0.2, 0.25) is 0 Å². The Morgan fingerprint density at radius 1 is 0.686 bits per heavy atom. The smallest absolute Gasteiger partial charge is 0.175 e. The monoisotopic (exact) mass is 764 g/mol. The molecule has 0 fully saturated rings. The average molecular weight is 767 g/mol. The van der Waals surface area contributed by atoms with Gasteiger partial charge in [0, 0.05) is 32.4 Å². The van der Waals surface area contributed by atoms with E-state index in [1.807, 2.05) is 62.4 Å². The van der Waals surface area contributed by atoms with Crippen molar-refractivity contribution in [2.75, 3.05) is 23.8 Å². The number of phenols is 1. The molecule has 0 saturated heterocycles. The maximum absolute atomic E-state index is 9.20. The van der Waals surface area contributed by atoms with Crippen molar-refractivity contribution in [1.29, 1.82) is 0 Å². The normalized spacial score (nSPS) is 9.80. The van der Waals surface area contributed by atoms with E-state index in [2.05, 4.69) is 10.6 Å². The van der Waals surface area contributed by atoms with E-state index in [0.717, 1.165) is 22.9 Å². The molecule has 0 aliphatic carbocycles. The SMILES string of the molecule is CCOc1ccc(NC(=S)Nc2ccc(OCC)cc2)cc1.Oc1c(Cl)c(Cl)c(Cl)c(Cl)c1Cl.[W]. The first-order valence-corrected chi connectivity index (χ1v) is 12.2. The van der Waals surface area contributed by atoms with Crippen molar-refractivity contribution in [1.82, 2.24) is 0 Å². The topological polar surface area (TPSA) is 62.8 Å². The predicted molar refractivity (Wildman–Crippen MR) is 148 cm³/mol. The van der Waals surface area contributed by atoms with E-state index >= 15 is 0 Å². The van der Waals surface area contributed by atoms with E-state index in [0.29, 0.717) is 18.3 Å². The third kappa shape index (κ3) is 9.70. The van der Waals surface area contributed by atoms with Gasteiger partial charge in [-0.25, -0.2) is 0 Å². The van der Waals surface area contributed by atoms with Gasteiger partial charge in [0.15, 0.2) is 10.9 Å². The first-order chi connectivity index (χ1) is 16.2. The first-order valence-electron chi connectivity index (χ1n) is 9.92. The van der Waals surface area contributed by atoms with Crippen LogP contribution in [0.2, 0.25) is 25.1 Å². The van der Waals surface area contributed by atoms with Crippen molar-refractivity contribution in [3.8, 4) is 17.2 Å². The minimum Gasteiger partial charge on any atom is -0.505 e. The molecule has 3 rings (SSSR count). The molecular formula is C23H21Cl5N2O3SW. The summed E-state index contributed by atoms with van der Waals surface area (Å²) >= 11 is 33.2. The van der Waals surface area contributed by atoms with Gasteiger partial charge in [-0.05, 0) is 74.6 Å². The van der Waals surface area contributed by atoms with Gasteiger partial charge in [-0.3, -0.25) is 0 Å². The third-order valence-corrected chi connectivity index (χ3v) is 6.49. The van der Waals surface area contributed by atoms with E-state index < -0.39 is 0 Å². The Balaban J connectivity index is 0.000000401. The molecule has 0 unspecified atom stereocenters. The maximum Gasteiger partial charge on any atom is 0.175 e. The second-order valence-electron chi connectivity index (χ2n) is 6.41. The number of rotatable bonds is 6. The van der Waals surface area contributed by atoms with E-state index in [1.54, 1.807) is 0 Å². The summed E-state index contributed by atoms with van der Waals surface area (Å²) < 4.78 is 10.8. The van der Waals surface area contributed by atoms with Crippen molar-refractivity contribution in [2.45, 2.75) is 13.8 Å². The van der Waals surface area contributed by atoms with Crippen molar-refractivity contribution < 1.29 is 35.6 Å². The fourth-order valence-electron chi connectivity index (χ4n) is 2.49. The number of aromatic hydroxyl groups is 1. The van der Waals surface area contributed by atoms with Gasteiger partial charge in [0.1, 0.15) is 21.5 Å². The molecule has 0 heterocycles. The van der Waals surface area contributed by atoms with Crippen molar-refractivity contribution in [3.05, 3.63) is 73.6 Å². The Morgan fingerprint density at radius 3 is 1.31 bits per heavy atom. The Morgan fingerprint density at radius 2 is 1.00 bits per heavy atom. The molecule has 0 spiro atoms. The average Bonchev–Trinajstić information content (AvgIpc) is 2.83. The van der Waals surface area contributed by atoms with Crippen molar-refractivity contribution in [2.24, 2.45) is 0 Å². The molecule has 0 atom stereocenters. The van der Waals surface area contributed by atoms with Crippen LogP contribution < -0.4 is 20.1 Å². The van der Waals surface area contributed by atoms with Crippen LogP contribution in [0.4, 0.5) is 11.4 Å². The maximum atomic E-state index is 9.20. The van der Waals surface area contributed by atoms with Gasteiger partial charge in [0.05, 0.1) is 28.3 Å². The standard InChI is InChI=1S/C17H20N2O2S.C6HCl5O.W/c1-3-20-15-9-5-13(6-10-15)18-17(22)19-14-7-11-16(12-8-14)21-4-2;7-1-2(8)4(10)6(12)5(11)3(1)9;/h5-12H,3-4H2,1-2H3,(H2,18,19,22);12H;. The summed E-state index contributed by atoms with van der Waals surface area (Å²) in [4.78, 5) is 0. The van der Waals surface area contributed by atoms with Gasteiger partial charge < -0.3 is 25.2 Å². The van der Waals surface area contributed by atoms with Crippen LogP contribution in [-0.2, 0) is 21.1 Å². The van der Waals surface area contributed by atoms with Gasteiger partial charge >= 0.3 is 0 Å². The predicted octanol–water partition coefficient (Wildman–Crippen LogP) is 8.95. The molecule has 0 aliphatic heterocycles. The molecule has 0 bridgehead atoms. The van der Waals surface area contributed by atoms with Crippen LogP contribution in [-0.4, -0.2) is 23.4 Å². The summed E-state index contributed by atoms with van der Waals surface area (Å²) in [6, 6.07) is 15.3. The van der Waals surface area contributed by atoms with Gasteiger partial charge in [-0.2, -0.15) is 0 Å². The molecule has 35 heavy (non-hydrogen) atoms. The van der Waals surface area contributed by atoms with Gasteiger partial charge in [-0.15, -0.1) is 0 Å². The summed E-state index contributed by atoms with van der Waals surface area (Å²) in [6.45, 7) is 5.24. The van der Waals surface area contributed by atoms with Crippen molar-refractivity contribution in [3.63, 3.8) is 0 Å². The molecule has 3 aromatic rings. The number of nitrogens with one attached hydrogen (secondary N) is 2. The number of anilines is 2. The zero-order valence-corrected chi connectivity index (χ0v) is 26.0. The second kappa shape index (κ2) is 15.9. The Kier molecular flexibility index (Phi) is 14.5. The van der Waals surface area contributed by atoms with Crippen LogP contribution >= 0.6 is 70.2 Å². The molecule has 3 N–H and O–H groups in total. The van der Waals surface area contributed by atoms with Gasteiger partial charge in [0.25, 0.3) is 0 Å². The van der Waals surface area contributed by atoms with Gasteiger partial charge in [-0.1, -0.05) is 58.0 Å². The molecule has 3 aromatic carbocycles. The van der Waals surface area contributed by atoms with E-state index in [1.165, 1.54) is 0 Å². The minimum absolute atomic E-state index is 0. The van der Waals surface area contributed by atoms with Crippen molar-refractivity contribution >= 4 is 86.7 Å². The number of ether oxygens (including phenoxy) is 2. The second-order valence-corrected chi connectivity index (χ2v) is 8.71. The third-order valence-electron chi connectivity index (χ3n) is 4.03. The summed E-state index contributed by atoms with van der Waals surface area (Å²) in [7, 11) is 0. The minimum atomic E-state index is -0.363. The number of hydrogen-bond acceptors (Lipinski definition) is 4. The van der Waals surface area contributed by atoms with Crippen LogP contribution in [0, 0.1) is 0 Å². The number of thiocarbonyl (C=S) groups is 1. The quantitative estimate of drug-likeness (QED) is 0.132. The van der Waals surface area contributed by atoms with Crippen LogP contribution in [0.1, 0.15) is 13.8 Å². The summed E-state index contributed by atoms with van der Waals surface area (Å²) in [5, 5.41) is 15.8. The fraction of sp³-hybridized carbons (Fsp3) is 0.174. The zero-order valence-electron chi connectivity index (χ0n) is 18.5. The largest absolute Gasteiger partial charge is 0.505 e. The van der Waals surface area contributed by atoms with Crippen LogP contribution in [0.5, 0.6) is 17.2 Å². The van der Waals surface area contributed by atoms with E-state index in [-0.39, 0.29) is 51.9 Å². The van der Waals surface area contributed by atoms with E-state index in [4.69, 9.17) is 79.7 Å². The zero-order chi connectivity index (χ0) is 25.3. The Labute approximate surface area is 249 Å². The number of phenolic OH excluding ortho intramolecular Hbond substituents is 1. The molecule has 0 aliphatic rings. The number of benzene rings is 3. The molecular weight excluding hydrogens is 745 g/mol. The number of hydrogen-bond donors (Lipinski definition) is 3. The van der Waals surface area contributed by atoms with Crippen LogP contribution in [0.3, 0.4) is 0 Å². The molecule has 188 valence electrons. The Bertz CT molecular complexity index is 961. The summed E-state index contributed by atoms with van der Waals surface area (Å²) in [6.07, 6.45) is 0. The van der Waals surface area contributed by atoms with Crippen LogP contribution in [0.25, 0.3) is 0 Å². The fourth-order valence-corrected chi connectivity index (χ4v) is 3.85. The van der Waals surface area contributed by atoms with Crippen LogP contribution in [0.15, 0.2) is 48.5 Å². The van der Waals surface area contributed by atoms with E-state index in [9.17, 15) is 5.11 Å². The molecule has 0 aromatic heterocycles. The summed E-state index contributed by atoms with van der Waals surface area (Å²) in [5.74, 6) is 1.33. The molecule has 0 amide bonds.